The van der Waals surface area contributed by atoms with E-state index in [0.29, 0.717) is 32.4 Å². The number of amides is 4. The monoisotopic (exact) mass is 516 g/mol. The van der Waals surface area contributed by atoms with E-state index in [1.807, 2.05) is 51.1 Å². The number of hydrogen-bond acceptors (Lipinski definition) is 5. The van der Waals surface area contributed by atoms with Crippen molar-refractivity contribution in [3.8, 4) is 0 Å². The highest BCUT2D eigenvalue weighted by Crippen LogP contribution is 2.20. The van der Waals surface area contributed by atoms with Gasteiger partial charge in [0, 0.05) is 19.0 Å². The van der Waals surface area contributed by atoms with Crippen molar-refractivity contribution >= 4 is 23.8 Å². The molecule has 1 saturated heterocycles. The first-order valence-electron chi connectivity index (χ1n) is 13.2. The van der Waals surface area contributed by atoms with Gasteiger partial charge in [0.2, 0.25) is 17.7 Å². The number of likely N-dealkylation sites (tertiary alicyclic amines) is 1. The predicted molar refractivity (Wildman–Crippen MR) is 143 cm³/mol. The SMILES string of the molecule is CC(C)CC(NC(=O)OC(C)(C)C)C(=O)N1CCC(C(=O)NC(C)C(=O)NC(C)c2ccccc2)CC1. The number of carbonyl (C=O) groups excluding carboxylic acids is 4. The molecule has 206 valence electrons. The van der Waals surface area contributed by atoms with Crippen LogP contribution in [0.1, 0.15) is 79.3 Å². The topological polar surface area (TPSA) is 117 Å². The molecule has 1 heterocycles. The molecule has 1 aliphatic rings. The van der Waals surface area contributed by atoms with Crippen LogP contribution in [-0.4, -0.2) is 59.5 Å². The molecule has 3 unspecified atom stereocenters. The Balaban J connectivity index is 1.86. The molecule has 37 heavy (non-hydrogen) atoms. The molecule has 0 saturated carbocycles. The van der Waals surface area contributed by atoms with Gasteiger partial charge in [0.25, 0.3) is 0 Å². The summed E-state index contributed by atoms with van der Waals surface area (Å²) in [5.41, 5.74) is 0.331. The number of benzene rings is 1. The van der Waals surface area contributed by atoms with Crippen LogP contribution >= 0.6 is 0 Å². The van der Waals surface area contributed by atoms with Crippen LogP contribution in [0.25, 0.3) is 0 Å². The van der Waals surface area contributed by atoms with Crippen LogP contribution in [0.4, 0.5) is 4.79 Å². The molecule has 0 bridgehead atoms. The minimum atomic E-state index is -0.685. The van der Waals surface area contributed by atoms with Crippen LogP contribution in [0.2, 0.25) is 0 Å². The van der Waals surface area contributed by atoms with Crippen molar-refractivity contribution in [2.24, 2.45) is 11.8 Å². The Morgan fingerprint density at radius 3 is 2.08 bits per heavy atom. The molecule has 1 aliphatic heterocycles. The average molecular weight is 517 g/mol. The van der Waals surface area contributed by atoms with Gasteiger partial charge in [-0.25, -0.2) is 4.79 Å². The van der Waals surface area contributed by atoms with Crippen LogP contribution < -0.4 is 16.0 Å². The molecule has 9 nitrogen and oxygen atoms in total. The zero-order valence-corrected chi connectivity index (χ0v) is 23.3. The van der Waals surface area contributed by atoms with E-state index in [1.54, 1.807) is 32.6 Å². The molecule has 4 amide bonds. The quantitative estimate of drug-likeness (QED) is 0.464. The van der Waals surface area contributed by atoms with Crippen molar-refractivity contribution in [3.05, 3.63) is 35.9 Å². The molecule has 9 heteroatoms. The number of nitrogens with one attached hydrogen (secondary N) is 3. The largest absolute Gasteiger partial charge is 0.444 e. The Hall–Kier alpha value is -3.10. The van der Waals surface area contributed by atoms with Gasteiger partial charge in [-0.15, -0.1) is 0 Å². The van der Waals surface area contributed by atoms with E-state index in [-0.39, 0.29) is 35.6 Å². The summed E-state index contributed by atoms with van der Waals surface area (Å²) in [6.45, 7) is 13.7. The van der Waals surface area contributed by atoms with Gasteiger partial charge in [-0.05, 0) is 65.4 Å². The summed E-state index contributed by atoms with van der Waals surface area (Å²) in [6, 6.07) is 8.10. The maximum atomic E-state index is 13.2. The molecule has 0 aliphatic carbocycles. The lowest BCUT2D eigenvalue weighted by atomic mass is 9.94. The zero-order valence-electron chi connectivity index (χ0n) is 23.3. The summed E-state index contributed by atoms with van der Waals surface area (Å²) < 4.78 is 5.33. The third-order valence-electron chi connectivity index (χ3n) is 6.28. The first kappa shape index (κ1) is 30.1. The Morgan fingerprint density at radius 2 is 1.54 bits per heavy atom. The highest BCUT2D eigenvalue weighted by Gasteiger charge is 2.33. The molecule has 2 rings (SSSR count). The maximum Gasteiger partial charge on any atom is 0.408 e. The van der Waals surface area contributed by atoms with Crippen molar-refractivity contribution < 1.29 is 23.9 Å². The summed E-state index contributed by atoms with van der Waals surface area (Å²) in [6.07, 6.45) is 0.863. The number of rotatable bonds is 9. The van der Waals surface area contributed by atoms with Crippen molar-refractivity contribution in [1.29, 1.82) is 0 Å². The fourth-order valence-corrected chi connectivity index (χ4v) is 4.29. The normalized spacial score (nSPS) is 16.9. The third kappa shape index (κ3) is 10.1. The van der Waals surface area contributed by atoms with Gasteiger partial charge >= 0.3 is 6.09 Å². The number of alkyl carbamates (subject to hydrolysis) is 1. The summed E-state index contributed by atoms with van der Waals surface area (Å²) in [5, 5.41) is 8.48. The van der Waals surface area contributed by atoms with Crippen LogP contribution in [0.3, 0.4) is 0 Å². The highest BCUT2D eigenvalue weighted by molar-refractivity contribution is 5.89. The summed E-state index contributed by atoms with van der Waals surface area (Å²) >= 11 is 0. The molecule has 1 aromatic rings. The zero-order chi connectivity index (χ0) is 27.8. The number of nitrogens with zero attached hydrogens (tertiary/aromatic N) is 1. The first-order valence-corrected chi connectivity index (χ1v) is 13.2. The minimum absolute atomic E-state index is 0.166. The van der Waals surface area contributed by atoms with Gasteiger partial charge in [0.05, 0.1) is 6.04 Å². The minimum Gasteiger partial charge on any atom is -0.444 e. The number of ether oxygens (including phenoxy) is 1. The van der Waals surface area contributed by atoms with Crippen LogP contribution in [0, 0.1) is 11.8 Å². The number of hydrogen-bond donors (Lipinski definition) is 3. The Labute approximate surface area is 221 Å². The van der Waals surface area contributed by atoms with E-state index in [9.17, 15) is 19.2 Å². The molecule has 1 aromatic carbocycles. The Bertz CT molecular complexity index is 920. The van der Waals surface area contributed by atoms with Gasteiger partial charge in [-0.2, -0.15) is 0 Å². The molecular formula is C28H44N4O5. The molecule has 0 spiro atoms. The average Bonchev–Trinajstić information content (AvgIpc) is 2.82. The number of piperidine rings is 1. The summed E-state index contributed by atoms with van der Waals surface area (Å²) in [7, 11) is 0. The summed E-state index contributed by atoms with van der Waals surface area (Å²) in [5.74, 6) is -0.687. The van der Waals surface area contributed by atoms with E-state index in [2.05, 4.69) is 16.0 Å². The van der Waals surface area contributed by atoms with Crippen LogP contribution in [0.5, 0.6) is 0 Å². The van der Waals surface area contributed by atoms with E-state index in [4.69, 9.17) is 4.74 Å². The van der Waals surface area contributed by atoms with Crippen LogP contribution in [0.15, 0.2) is 30.3 Å². The highest BCUT2D eigenvalue weighted by atomic mass is 16.6. The second-order valence-corrected chi connectivity index (χ2v) is 11.3. The molecule has 3 N–H and O–H groups in total. The fraction of sp³-hybridized carbons (Fsp3) is 0.643. The Kier molecular flexibility index (Phi) is 10.9. The van der Waals surface area contributed by atoms with Gasteiger partial charge in [-0.3, -0.25) is 14.4 Å². The second-order valence-electron chi connectivity index (χ2n) is 11.3. The van der Waals surface area contributed by atoms with Crippen LogP contribution in [-0.2, 0) is 19.1 Å². The number of carbonyl (C=O) groups is 4. The van der Waals surface area contributed by atoms with Gasteiger partial charge in [0.15, 0.2) is 0 Å². The molecule has 3 atom stereocenters. The first-order chi connectivity index (χ1) is 17.3. The van der Waals surface area contributed by atoms with E-state index in [1.165, 1.54) is 0 Å². The van der Waals surface area contributed by atoms with Crippen molar-refractivity contribution in [3.63, 3.8) is 0 Å². The van der Waals surface area contributed by atoms with Gasteiger partial charge in [0.1, 0.15) is 17.7 Å². The molecular weight excluding hydrogens is 472 g/mol. The van der Waals surface area contributed by atoms with E-state index >= 15 is 0 Å². The fourth-order valence-electron chi connectivity index (χ4n) is 4.29. The Morgan fingerprint density at radius 1 is 0.946 bits per heavy atom. The smallest absolute Gasteiger partial charge is 0.408 e. The van der Waals surface area contributed by atoms with E-state index in [0.717, 1.165) is 5.56 Å². The standard InChI is InChI=1S/C28H44N4O5/c1-18(2)17-23(31-27(36)37-28(5,6)7)26(35)32-15-13-22(14-16-32)25(34)30-20(4)24(33)29-19(3)21-11-9-8-10-12-21/h8-12,18-20,22-23H,13-17H2,1-7H3,(H,29,33)(H,30,34)(H,31,36). The van der Waals surface area contributed by atoms with Crippen molar-refractivity contribution in [2.45, 2.75) is 91.5 Å². The lowest BCUT2D eigenvalue weighted by Crippen LogP contribution is -2.53. The maximum absolute atomic E-state index is 13.2. The van der Waals surface area contributed by atoms with Gasteiger partial charge in [-0.1, -0.05) is 44.2 Å². The molecule has 0 radical (unpaired) electrons. The second kappa shape index (κ2) is 13.4. The lowest BCUT2D eigenvalue weighted by Gasteiger charge is -2.34. The lowest BCUT2D eigenvalue weighted by molar-refractivity contribution is -0.138. The predicted octanol–water partition coefficient (Wildman–Crippen LogP) is 3.55. The van der Waals surface area contributed by atoms with Crippen molar-refractivity contribution in [1.82, 2.24) is 20.9 Å². The van der Waals surface area contributed by atoms with Gasteiger partial charge < -0.3 is 25.6 Å². The molecule has 0 aromatic heterocycles. The third-order valence-corrected chi connectivity index (χ3v) is 6.28. The van der Waals surface area contributed by atoms with E-state index < -0.39 is 23.8 Å². The summed E-state index contributed by atoms with van der Waals surface area (Å²) in [4.78, 5) is 52.6. The molecule has 1 fully saturated rings. The van der Waals surface area contributed by atoms with Crippen molar-refractivity contribution in [2.75, 3.05) is 13.1 Å².